The van der Waals surface area contributed by atoms with Crippen LogP contribution in [0.3, 0.4) is 0 Å². The summed E-state index contributed by atoms with van der Waals surface area (Å²) in [7, 11) is 3.33. The zero-order valence-corrected chi connectivity index (χ0v) is 15.7. The van der Waals surface area contributed by atoms with E-state index in [1.807, 2.05) is 48.5 Å². The predicted molar refractivity (Wildman–Crippen MR) is 105 cm³/mol. The van der Waals surface area contributed by atoms with E-state index in [4.69, 9.17) is 18.9 Å². The fourth-order valence-electron chi connectivity index (χ4n) is 3.33. The SMILES string of the molecule is CCc1[c]c(-c2ccc(OC)cc2)c(-c2ccc(OC)cc2)c2c1OCO2. The maximum atomic E-state index is 5.89. The Bertz CT molecular complexity index is 944. The summed E-state index contributed by atoms with van der Waals surface area (Å²) in [5.74, 6) is 3.20. The molecule has 0 fully saturated rings. The van der Waals surface area contributed by atoms with Crippen molar-refractivity contribution < 1.29 is 18.9 Å². The van der Waals surface area contributed by atoms with Gasteiger partial charge in [0.25, 0.3) is 0 Å². The van der Waals surface area contributed by atoms with Gasteiger partial charge in [0.1, 0.15) is 11.5 Å². The minimum Gasteiger partial charge on any atom is -0.497 e. The van der Waals surface area contributed by atoms with Gasteiger partial charge in [-0.1, -0.05) is 31.2 Å². The van der Waals surface area contributed by atoms with E-state index in [1.165, 1.54) is 0 Å². The average Bonchev–Trinajstić information content (AvgIpc) is 3.22. The topological polar surface area (TPSA) is 36.9 Å². The molecule has 1 radical (unpaired) electrons. The van der Waals surface area contributed by atoms with Crippen molar-refractivity contribution in [2.45, 2.75) is 13.3 Å². The van der Waals surface area contributed by atoms with Crippen molar-refractivity contribution in [1.82, 2.24) is 0 Å². The van der Waals surface area contributed by atoms with E-state index in [-0.39, 0.29) is 6.79 Å². The highest BCUT2D eigenvalue weighted by atomic mass is 16.7. The third kappa shape index (κ3) is 3.08. The lowest BCUT2D eigenvalue weighted by Gasteiger charge is -2.16. The van der Waals surface area contributed by atoms with Crippen LogP contribution in [0.2, 0.25) is 0 Å². The first-order valence-corrected chi connectivity index (χ1v) is 8.91. The van der Waals surface area contributed by atoms with E-state index in [2.05, 4.69) is 13.0 Å². The van der Waals surface area contributed by atoms with Gasteiger partial charge in [0.05, 0.1) is 14.2 Å². The second kappa shape index (κ2) is 7.23. The molecule has 27 heavy (non-hydrogen) atoms. The molecule has 0 unspecified atom stereocenters. The highest BCUT2D eigenvalue weighted by Crippen LogP contribution is 2.49. The number of benzene rings is 3. The Morgan fingerprint density at radius 2 is 1.37 bits per heavy atom. The molecule has 0 saturated heterocycles. The standard InChI is InChI=1S/C23H21O4/c1-4-15-13-20(16-5-9-18(24-2)10-6-16)21(23-22(15)26-14-27-23)17-7-11-19(25-3)12-8-17/h5-12H,4,14H2,1-3H3. The van der Waals surface area contributed by atoms with E-state index in [1.54, 1.807) is 14.2 Å². The van der Waals surface area contributed by atoms with Crippen molar-refractivity contribution in [3.8, 4) is 45.3 Å². The number of methoxy groups -OCH3 is 2. The van der Waals surface area contributed by atoms with Crippen molar-refractivity contribution in [1.29, 1.82) is 0 Å². The molecule has 0 aliphatic carbocycles. The molecule has 0 atom stereocenters. The number of hydrogen-bond acceptors (Lipinski definition) is 4. The number of hydrogen-bond donors (Lipinski definition) is 0. The quantitative estimate of drug-likeness (QED) is 0.631. The van der Waals surface area contributed by atoms with Gasteiger partial charge in [0.15, 0.2) is 11.5 Å². The minimum atomic E-state index is 0.228. The molecule has 4 nitrogen and oxygen atoms in total. The number of rotatable bonds is 5. The first kappa shape index (κ1) is 17.3. The highest BCUT2D eigenvalue weighted by Gasteiger charge is 2.26. The number of fused-ring (bicyclic) bond motifs is 1. The second-order valence-corrected chi connectivity index (χ2v) is 6.23. The number of ether oxygens (including phenoxy) is 4. The Hall–Kier alpha value is -3.14. The van der Waals surface area contributed by atoms with Crippen molar-refractivity contribution >= 4 is 0 Å². The first-order chi connectivity index (χ1) is 13.2. The monoisotopic (exact) mass is 361 g/mol. The van der Waals surface area contributed by atoms with Crippen molar-refractivity contribution in [2.24, 2.45) is 0 Å². The smallest absolute Gasteiger partial charge is 0.231 e. The van der Waals surface area contributed by atoms with Crippen LogP contribution in [0.4, 0.5) is 0 Å². The molecule has 0 saturated carbocycles. The zero-order valence-electron chi connectivity index (χ0n) is 15.7. The summed E-state index contributed by atoms with van der Waals surface area (Å²) in [5.41, 5.74) is 5.07. The largest absolute Gasteiger partial charge is 0.497 e. The van der Waals surface area contributed by atoms with Gasteiger partial charge in [-0.25, -0.2) is 0 Å². The fraction of sp³-hybridized carbons (Fsp3) is 0.217. The van der Waals surface area contributed by atoms with Gasteiger partial charge in [-0.2, -0.15) is 0 Å². The molecule has 1 heterocycles. The Balaban J connectivity index is 1.95. The van der Waals surface area contributed by atoms with Crippen LogP contribution in [0.5, 0.6) is 23.0 Å². The van der Waals surface area contributed by atoms with E-state index >= 15 is 0 Å². The van der Waals surface area contributed by atoms with Crippen LogP contribution in [0.1, 0.15) is 12.5 Å². The molecule has 1 aliphatic rings. The summed E-state index contributed by atoms with van der Waals surface area (Å²) in [4.78, 5) is 0. The summed E-state index contributed by atoms with van der Waals surface area (Å²) in [5, 5.41) is 0. The van der Waals surface area contributed by atoms with Gasteiger partial charge in [-0.15, -0.1) is 0 Å². The lowest BCUT2D eigenvalue weighted by atomic mass is 9.90. The molecule has 137 valence electrons. The summed E-state index contributed by atoms with van der Waals surface area (Å²) in [6, 6.07) is 19.5. The fourth-order valence-corrected chi connectivity index (χ4v) is 3.33. The van der Waals surface area contributed by atoms with E-state index in [0.717, 1.165) is 57.2 Å². The maximum Gasteiger partial charge on any atom is 0.231 e. The molecular weight excluding hydrogens is 340 g/mol. The van der Waals surface area contributed by atoms with Crippen LogP contribution < -0.4 is 18.9 Å². The molecule has 3 aromatic carbocycles. The molecule has 3 aromatic rings. The maximum absolute atomic E-state index is 5.89. The van der Waals surface area contributed by atoms with Gasteiger partial charge < -0.3 is 18.9 Å². The normalized spacial score (nSPS) is 12.1. The Labute approximate surface area is 159 Å². The minimum absolute atomic E-state index is 0.228. The lowest BCUT2D eigenvalue weighted by Crippen LogP contribution is -1.94. The summed E-state index contributed by atoms with van der Waals surface area (Å²) in [6.07, 6.45) is 0.817. The Kier molecular flexibility index (Phi) is 4.63. The van der Waals surface area contributed by atoms with E-state index < -0.39 is 0 Å². The van der Waals surface area contributed by atoms with E-state index in [9.17, 15) is 0 Å². The molecule has 0 N–H and O–H groups in total. The lowest BCUT2D eigenvalue weighted by molar-refractivity contribution is 0.173. The molecule has 1 aliphatic heterocycles. The van der Waals surface area contributed by atoms with Gasteiger partial charge in [-0.3, -0.25) is 0 Å². The third-order valence-corrected chi connectivity index (χ3v) is 4.75. The molecule has 4 heteroatoms. The van der Waals surface area contributed by atoms with Crippen LogP contribution in [-0.2, 0) is 6.42 Å². The molecule has 0 bridgehead atoms. The molecular formula is C23H21O4. The zero-order chi connectivity index (χ0) is 18.8. The van der Waals surface area contributed by atoms with Crippen molar-refractivity contribution in [2.75, 3.05) is 21.0 Å². The van der Waals surface area contributed by atoms with Crippen LogP contribution in [0, 0.1) is 6.07 Å². The molecule has 0 amide bonds. The van der Waals surface area contributed by atoms with Gasteiger partial charge in [-0.05, 0) is 47.9 Å². The Morgan fingerprint density at radius 1 is 0.815 bits per heavy atom. The second-order valence-electron chi connectivity index (χ2n) is 6.23. The van der Waals surface area contributed by atoms with Crippen LogP contribution in [0.15, 0.2) is 48.5 Å². The van der Waals surface area contributed by atoms with Crippen LogP contribution >= 0.6 is 0 Å². The van der Waals surface area contributed by atoms with E-state index in [0.29, 0.717) is 0 Å². The van der Waals surface area contributed by atoms with Crippen LogP contribution in [-0.4, -0.2) is 21.0 Å². The summed E-state index contributed by atoms with van der Waals surface area (Å²) < 4.78 is 22.2. The average molecular weight is 361 g/mol. The van der Waals surface area contributed by atoms with Gasteiger partial charge >= 0.3 is 0 Å². The first-order valence-electron chi connectivity index (χ1n) is 8.91. The van der Waals surface area contributed by atoms with Crippen molar-refractivity contribution in [3.63, 3.8) is 0 Å². The third-order valence-electron chi connectivity index (χ3n) is 4.75. The van der Waals surface area contributed by atoms with Gasteiger partial charge in [0.2, 0.25) is 6.79 Å². The van der Waals surface area contributed by atoms with Crippen LogP contribution in [0.25, 0.3) is 22.3 Å². The summed E-state index contributed by atoms with van der Waals surface area (Å²) >= 11 is 0. The molecule has 0 aromatic heterocycles. The molecule has 0 spiro atoms. The predicted octanol–water partition coefficient (Wildman–Crippen LogP) is 5.13. The summed E-state index contributed by atoms with van der Waals surface area (Å²) in [6.45, 7) is 2.32. The number of aryl methyl sites for hydroxylation is 1. The highest BCUT2D eigenvalue weighted by molar-refractivity contribution is 5.90. The van der Waals surface area contributed by atoms with Crippen molar-refractivity contribution in [3.05, 3.63) is 60.2 Å². The molecule has 4 rings (SSSR count). The Morgan fingerprint density at radius 3 is 1.93 bits per heavy atom. The van der Waals surface area contributed by atoms with Gasteiger partial charge in [0, 0.05) is 16.7 Å².